The third-order valence-electron chi connectivity index (χ3n) is 6.81. The van der Waals surface area contributed by atoms with Crippen molar-refractivity contribution in [3.05, 3.63) is 46.6 Å². The van der Waals surface area contributed by atoms with Crippen LogP contribution in [0.5, 0.6) is 23.0 Å². The van der Waals surface area contributed by atoms with Crippen LogP contribution in [0.2, 0.25) is 0 Å². The number of phenolic OH excluding ortho intramolecular Hbond substituents is 3. The van der Waals surface area contributed by atoms with Gasteiger partial charge in [0.2, 0.25) is 17.5 Å². The quantitative estimate of drug-likeness (QED) is 0.191. The van der Waals surface area contributed by atoms with Gasteiger partial charge in [-0.05, 0) is 31.2 Å². The molecule has 0 amide bonds. The van der Waals surface area contributed by atoms with Gasteiger partial charge in [-0.3, -0.25) is 4.79 Å². The van der Waals surface area contributed by atoms with E-state index < -0.39 is 78.8 Å². The van der Waals surface area contributed by atoms with Crippen molar-refractivity contribution in [3.63, 3.8) is 0 Å². The van der Waals surface area contributed by atoms with Gasteiger partial charge in [-0.25, -0.2) is 0 Å². The summed E-state index contributed by atoms with van der Waals surface area (Å²) in [6.45, 7) is 1.01. The van der Waals surface area contributed by atoms with Gasteiger partial charge < -0.3 is 64.2 Å². The maximum Gasteiger partial charge on any atom is 0.239 e. The lowest BCUT2D eigenvalue weighted by Crippen LogP contribution is -2.62. The third-order valence-corrected chi connectivity index (χ3v) is 6.81. The SMILES string of the molecule is C[C@@H]1O[C@H](Oc2c(-c3ccc(O)cc3)oc3cc(O)cc(O)c3c2=O)[C@@H](O[C@H]2OC[C@H](O)[C@H](O)[C@@H]2O)[C@@H](O)[C@H]1O. The molecule has 1 aromatic heterocycles. The summed E-state index contributed by atoms with van der Waals surface area (Å²) in [5.41, 5.74) is -0.852. The molecule has 3 heterocycles. The Morgan fingerprint density at radius 3 is 2.25 bits per heavy atom. The van der Waals surface area contributed by atoms with Crippen LogP contribution in [-0.2, 0) is 14.2 Å². The van der Waals surface area contributed by atoms with Crippen LogP contribution >= 0.6 is 0 Å². The number of ether oxygens (including phenoxy) is 4. The average Bonchev–Trinajstić information content (AvgIpc) is 2.91. The van der Waals surface area contributed by atoms with E-state index in [9.17, 15) is 45.6 Å². The Bertz CT molecular complexity index is 1420. The molecule has 216 valence electrons. The minimum atomic E-state index is -1.75. The number of benzene rings is 2. The van der Waals surface area contributed by atoms with E-state index in [0.717, 1.165) is 12.1 Å². The second-order valence-electron chi connectivity index (χ2n) is 9.63. The molecule has 2 fully saturated rings. The smallest absolute Gasteiger partial charge is 0.239 e. The molecule has 0 spiro atoms. The summed E-state index contributed by atoms with van der Waals surface area (Å²) in [5.74, 6) is -1.80. The van der Waals surface area contributed by atoms with Crippen molar-refractivity contribution in [2.24, 2.45) is 0 Å². The van der Waals surface area contributed by atoms with Crippen molar-refractivity contribution in [3.8, 4) is 34.3 Å². The lowest BCUT2D eigenvalue weighted by Gasteiger charge is -2.44. The maximum atomic E-state index is 13.6. The van der Waals surface area contributed by atoms with Crippen LogP contribution in [0.4, 0.5) is 0 Å². The lowest BCUT2D eigenvalue weighted by atomic mass is 9.99. The highest BCUT2D eigenvalue weighted by Crippen LogP contribution is 2.38. The predicted molar refractivity (Wildman–Crippen MR) is 133 cm³/mol. The first-order chi connectivity index (χ1) is 19.0. The van der Waals surface area contributed by atoms with Gasteiger partial charge in [0, 0.05) is 17.7 Å². The fraction of sp³-hybridized carbons (Fsp3) is 0.423. The Hall–Kier alpha value is -3.47. The maximum absolute atomic E-state index is 13.6. The summed E-state index contributed by atoms with van der Waals surface area (Å²) in [6, 6.07) is 7.48. The van der Waals surface area contributed by atoms with Gasteiger partial charge in [-0.15, -0.1) is 0 Å². The minimum absolute atomic E-state index is 0.0852. The highest BCUT2D eigenvalue weighted by Gasteiger charge is 2.49. The normalized spacial score (nSPS) is 32.7. The molecule has 8 N–H and O–H groups in total. The number of hydrogen-bond donors (Lipinski definition) is 8. The Labute approximate surface area is 225 Å². The van der Waals surface area contributed by atoms with Crippen LogP contribution < -0.4 is 10.2 Å². The second kappa shape index (κ2) is 10.8. The number of aromatic hydroxyl groups is 3. The van der Waals surface area contributed by atoms with E-state index in [1.807, 2.05) is 0 Å². The molecule has 0 saturated carbocycles. The molecular formula is C26H28O14. The monoisotopic (exact) mass is 564 g/mol. The van der Waals surface area contributed by atoms with Crippen LogP contribution in [0.15, 0.2) is 45.6 Å². The van der Waals surface area contributed by atoms with E-state index in [2.05, 4.69) is 0 Å². The summed E-state index contributed by atoms with van der Waals surface area (Å²) < 4.78 is 28.4. The fourth-order valence-corrected chi connectivity index (χ4v) is 4.59. The Kier molecular flexibility index (Phi) is 7.60. The first-order valence-electron chi connectivity index (χ1n) is 12.3. The van der Waals surface area contributed by atoms with Gasteiger partial charge in [-0.2, -0.15) is 0 Å². The standard InChI is InChI=1S/C26H28O14/c1-9-17(31)20(34)24(40-25-21(35)18(32)14(30)8-36-25)26(37-9)39-23-19(33)16-13(29)6-12(28)7-15(16)38-22(23)10-2-4-11(27)5-3-10/h2-7,9,14,17-18,20-21,24-32,34-35H,8H2,1H3/t9-,14-,17-,18-,20-,21-,24-,25+,26+/m0/s1. The molecule has 0 bridgehead atoms. The first-order valence-corrected chi connectivity index (χ1v) is 12.3. The fourth-order valence-electron chi connectivity index (χ4n) is 4.59. The van der Waals surface area contributed by atoms with Gasteiger partial charge in [0.15, 0.2) is 18.2 Å². The Morgan fingerprint density at radius 2 is 1.55 bits per heavy atom. The van der Waals surface area contributed by atoms with Gasteiger partial charge in [0.25, 0.3) is 0 Å². The Balaban J connectivity index is 1.59. The molecule has 0 aliphatic carbocycles. The van der Waals surface area contributed by atoms with Gasteiger partial charge in [0.1, 0.15) is 58.7 Å². The topological polar surface area (TPSA) is 229 Å². The van der Waals surface area contributed by atoms with Crippen molar-refractivity contribution < 1.29 is 64.2 Å². The summed E-state index contributed by atoms with van der Waals surface area (Å²) in [6.07, 6.45) is -13.9. The molecule has 40 heavy (non-hydrogen) atoms. The number of fused-ring (bicyclic) bond motifs is 1. The molecule has 3 aromatic rings. The van der Waals surface area contributed by atoms with Crippen LogP contribution in [0.25, 0.3) is 22.3 Å². The Morgan fingerprint density at radius 1 is 0.850 bits per heavy atom. The molecule has 0 unspecified atom stereocenters. The first kappa shape index (κ1) is 28.1. The zero-order valence-corrected chi connectivity index (χ0v) is 20.9. The van der Waals surface area contributed by atoms with E-state index in [1.54, 1.807) is 0 Å². The van der Waals surface area contributed by atoms with Gasteiger partial charge in [0.05, 0.1) is 12.7 Å². The summed E-state index contributed by atoms with van der Waals surface area (Å²) in [4.78, 5) is 13.6. The van der Waals surface area contributed by atoms with E-state index in [0.29, 0.717) is 0 Å². The third kappa shape index (κ3) is 5.07. The summed E-state index contributed by atoms with van der Waals surface area (Å²) >= 11 is 0. The number of phenols is 3. The van der Waals surface area contributed by atoms with Gasteiger partial charge >= 0.3 is 0 Å². The van der Waals surface area contributed by atoms with Crippen molar-refractivity contribution >= 4 is 11.0 Å². The molecule has 2 saturated heterocycles. The van der Waals surface area contributed by atoms with Crippen molar-refractivity contribution in [2.45, 2.75) is 62.2 Å². The minimum Gasteiger partial charge on any atom is -0.508 e. The second-order valence-corrected chi connectivity index (χ2v) is 9.63. The largest absolute Gasteiger partial charge is 0.508 e. The van der Waals surface area contributed by atoms with E-state index in [4.69, 9.17) is 23.4 Å². The highest BCUT2D eigenvalue weighted by atomic mass is 16.8. The average molecular weight is 564 g/mol. The molecule has 5 rings (SSSR count). The van der Waals surface area contributed by atoms with Crippen molar-refractivity contribution in [2.75, 3.05) is 6.61 Å². The number of aliphatic hydroxyl groups excluding tert-OH is 5. The lowest BCUT2D eigenvalue weighted by molar-refractivity contribution is -0.341. The summed E-state index contributed by atoms with van der Waals surface area (Å²) in [5, 5.41) is 81.1. The molecule has 2 aliphatic rings. The molecule has 2 aromatic carbocycles. The molecule has 14 heteroatoms. The molecule has 9 atom stereocenters. The van der Waals surface area contributed by atoms with Crippen LogP contribution in [-0.4, -0.2) is 103 Å². The van der Waals surface area contributed by atoms with E-state index >= 15 is 0 Å². The number of hydrogen-bond acceptors (Lipinski definition) is 14. The van der Waals surface area contributed by atoms with Crippen LogP contribution in [0.3, 0.4) is 0 Å². The van der Waals surface area contributed by atoms with E-state index in [-0.39, 0.29) is 33.8 Å². The van der Waals surface area contributed by atoms with Crippen molar-refractivity contribution in [1.29, 1.82) is 0 Å². The van der Waals surface area contributed by atoms with Gasteiger partial charge in [-0.1, -0.05) is 0 Å². The molecule has 14 nitrogen and oxygen atoms in total. The van der Waals surface area contributed by atoms with Crippen molar-refractivity contribution in [1.82, 2.24) is 0 Å². The zero-order valence-electron chi connectivity index (χ0n) is 20.9. The molecule has 2 aliphatic heterocycles. The summed E-state index contributed by atoms with van der Waals surface area (Å²) in [7, 11) is 0. The predicted octanol–water partition coefficient (Wildman–Crippen LogP) is -0.754. The van der Waals surface area contributed by atoms with Crippen LogP contribution in [0.1, 0.15) is 6.92 Å². The number of rotatable bonds is 5. The number of aliphatic hydroxyl groups is 5. The highest BCUT2D eigenvalue weighted by molar-refractivity contribution is 5.88. The van der Waals surface area contributed by atoms with Crippen LogP contribution in [0, 0.1) is 0 Å². The molecular weight excluding hydrogens is 536 g/mol. The zero-order chi connectivity index (χ0) is 28.9. The molecule has 0 radical (unpaired) electrons. The van der Waals surface area contributed by atoms with E-state index in [1.165, 1.54) is 31.2 Å².